The van der Waals surface area contributed by atoms with Gasteiger partial charge >= 0.3 is 0 Å². The van der Waals surface area contributed by atoms with Crippen molar-refractivity contribution in [3.63, 3.8) is 0 Å². The third kappa shape index (κ3) is 5.04. The first-order valence-electron chi connectivity index (χ1n) is 7.72. The van der Waals surface area contributed by atoms with Gasteiger partial charge in [0.1, 0.15) is 12.7 Å². The molecular weight excluding hydrogens is 314 g/mol. The fourth-order valence-corrected chi connectivity index (χ4v) is 2.77. The van der Waals surface area contributed by atoms with Gasteiger partial charge in [0.2, 0.25) is 5.91 Å². The van der Waals surface area contributed by atoms with Gasteiger partial charge in [0, 0.05) is 13.0 Å². The van der Waals surface area contributed by atoms with Crippen LogP contribution in [0.15, 0.2) is 36.9 Å². The maximum absolute atomic E-state index is 12.0. The van der Waals surface area contributed by atoms with Gasteiger partial charge < -0.3 is 10.6 Å². The van der Waals surface area contributed by atoms with E-state index >= 15 is 0 Å². The van der Waals surface area contributed by atoms with Crippen molar-refractivity contribution in [2.24, 2.45) is 5.92 Å². The van der Waals surface area contributed by atoms with Crippen LogP contribution >= 0.6 is 12.4 Å². The first-order chi connectivity index (χ1) is 10.8. The number of aromatic nitrogens is 3. The van der Waals surface area contributed by atoms with Crippen LogP contribution in [0.25, 0.3) is 5.69 Å². The second-order valence-electron chi connectivity index (χ2n) is 5.68. The molecule has 0 radical (unpaired) electrons. The molecule has 1 saturated heterocycles. The first-order valence-corrected chi connectivity index (χ1v) is 7.72. The van der Waals surface area contributed by atoms with Gasteiger partial charge in [-0.25, -0.2) is 9.67 Å². The number of carbonyl (C=O) groups is 1. The number of nitrogens with zero attached hydrogens (tertiary/aromatic N) is 3. The summed E-state index contributed by atoms with van der Waals surface area (Å²) in [6.07, 6.45) is 5.98. The summed E-state index contributed by atoms with van der Waals surface area (Å²) in [6, 6.07) is 7.95. The van der Waals surface area contributed by atoms with Gasteiger partial charge in [-0.15, -0.1) is 12.4 Å². The average Bonchev–Trinajstić information content (AvgIpc) is 3.09. The van der Waals surface area contributed by atoms with E-state index in [0.29, 0.717) is 18.9 Å². The molecule has 1 aromatic carbocycles. The summed E-state index contributed by atoms with van der Waals surface area (Å²) in [5, 5.41) is 10.4. The lowest BCUT2D eigenvalue weighted by Crippen LogP contribution is -2.32. The van der Waals surface area contributed by atoms with Crippen molar-refractivity contribution in [3.05, 3.63) is 42.5 Å². The molecular formula is C16H22ClN5O. The smallest absolute Gasteiger partial charge is 0.220 e. The Kier molecular flexibility index (Phi) is 6.55. The highest BCUT2D eigenvalue weighted by Crippen LogP contribution is 2.15. The predicted octanol–water partition coefficient (Wildman–Crippen LogP) is 1.70. The van der Waals surface area contributed by atoms with E-state index in [1.54, 1.807) is 11.0 Å². The maximum atomic E-state index is 12.0. The molecule has 2 heterocycles. The molecule has 0 unspecified atom stereocenters. The van der Waals surface area contributed by atoms with Gasteiger partial charge in [0.15, 0.2) is 0 Å². The zero-order valence-corrected chi connectivity index (χ0v) is 13.8. The summed E-state index contributed by atoms with van der Waals surface area (Å²) in [5.41, 5.74) is 2.01. The van der Waals surface area contributed by atoms with E-state index in [4.69, 9.17) is 0 Å². The second kappa shape index (κ2) is 8.64. The average molecular weight is 336 g/mol. The largest absolute Gasteiger partial charge is 0.352 e. The summed E-state index contributed by atoms with van der Waals surface area (Å²) < 4.78 is 1.71. The van der Waals surface area contributed by atoms with Gasteiger partial charge in [0.25, 0.3) is 0 Å². The van der Waals surface area contributed by atoms with E-state index < -0.39 is 0 Å². The maximum Gasteiger partial charge on any atom is 0.220 e. The lowest BCUT2D eigenvalue weighted by Gasteiger charge is -2.21. The summed E-state index contributed by atoms with van der Waals surface area (Å²) in [7, 11) is 0. The van der Waals surface area contributed by atoms with Crippen molar-refractivity contribution in [2.45, 2.75) is 25.8 Å². The minimum atomic E-state index is 0. The van der Waals surface area contributed by atoms with Crippen molar-refractivity contribution in [3.8, 4) is 5.69 Å². The molecule has 1 fully saturated rings. The van der Waals surface area contributed by atoms with Crippen LogP contribution in [0.2, 0.25) is 0 Å². The van der Waals surface area contributed by atoms with Gasteiger partial charge in [-0.1, -0.05) is 12.1 Å². The molecule has 2 aromatic rings. The summed E-state index contributed by atoms with van der Waals surface area (Å²) >= 11 is 0. The number of amides is 1. The second-order valence-corrected chi connectivity index (χ2v) is 5.68. The molecule has 23 heavy (non-hydrogen) atoms. The Morgan fingerprint density at radius 3 is 2.91 bits per heavy atom. The van der Waals surface area contributed by atoms with Crippen molar-refractivity contribution in [2.75, 3.05) is 13.1 Å². The van der Waals surface area contributed by atoms with Crippen LogP contribution in [0.1, 0.15) is 24.8 Å². The lowest BCUT2D eigenvalue weighted by atomic mass is 9.94. The van der Waals surface area contributed by atoms with Crippen molar-refractivity contribution in [1.29, 1.82) is 0 Å². The third-order valence-electron chi connectivity index (χ3n) is 4.02. The Morgan fingerprint density at radius 1 is 1.35 bits per heavy atom. The van der Waals surface area contributed by atoms with Crippen LogP contribution in [0.4, 0.5) is 0 Å². The van der Waals surface area contributed by atoms with E-state index in [-0.39, 0.29) is 18.3 Å². The SMILES string of the molecule is Cl.O=C(CC1CCNCC1)NCc1cccc(-n2cncn2)c1. The number of carbonyl (C=O) groups excluding carboxylic acids is 1. The van der Waals surface area contributed by atoms with Crippen LogP contribution in [0.5, 0.6) is 0 Å². The van der Waals surface area contributed by atoms with Crippen LogP contribution < -0.4 is 10.6 Å². The molecule has 1 aromatic heterocycles. The number of nitrogens with one attached hydrogen (secondary N) is 2. The minimum Gasteiger partial charge on any atom is -0.352 e. The van der Waals surface area contributed by atoms with Crippen LogP contribution in [0.3, 0.4) is 0 Å². The molecule has 1 amide bonds. The number of halogens is 1. The molecule has 0 aliphatic carbocycles. The minimum absolute atomic E-state index is 0. The van der Waals surface area contributed by atoms with Crippen LogP contribution in [-0.2, 0) is 11.3 Å². The zero-order valence-electron chi connectivity index (χ0n) is 12.9. The summed E-state index contributed by atoms with van der Waals surface area (Å²) in [5.74, 6) is 0.654. The van der Waals surface area contributed by atoms with Crippen molar-refractivity contribution >= 4 is 18.3 Å². The normalized spacial score (nSPS) is 15.0. The van der Waals surface area contributed by atoms with Crippen molar-refractivity contribution < 1.29 is 4.79 Å². The monoisotopic (exact) mass is 335 g/mol. The van der Waals surface area contributed by atoms with Crippen molar-refractivity contribution in [1.82, 2.24) is 25.4 Å². The van der Waals surface area contributed by atoms with E-state index in [0.717, 1.165) is 37.2 Å². The predicted molar refractivity (Wildman–Crippen MR) is 90.7 cm³/mol. The number of benzene rings is 1. The molecule has 0 spiro atoms. The third-order valence-corrected chi connectivity index (χ3v) is 4.02. The zero-order chi connectivity index (χ0) is 15.2. The van der Waals surface area contributed by atoms with Gasteiger partial charge in [-0.2, -0.15) is 5.10 Å². The highest BCUT2D eigenvalue weighted by molar-refractivity contribution is 5.85. The van der Waals surface area contributed by atoms with Gasteiger partial charge in [0.05, 0.1) is 5.69 Å². The van der Waals surface area contributed by atoms with E-state index in [2.05, 4.69) is 20.7 Å². The molecule has 0 bridgehead atoms. The van der Waals surface area contributed by atoms with Crippen LogP contribution in [-0.4, -0.2) is 33.8 Å². The fourth-order valence-electron chi connectivity index (χ4n) is 2.77. The van der Waals surface area contributed by atoms with E-state index in [9.17, 15) is 4.79 Å². The Labute approximate surface area is 142 Å². The van der Waals surface area contributed by atoms with Gasteiger partial charge in [-0.3, -0.25) is 4.79 Å². The quantitative estimate of drug-likeness (QED) is 0.872. The standard InChI is InChI=1S/C16H21N5O.ClH/c22-16(9-13-4-6-17-7-5-13)19-10-14-2-1-3-15(8-14)21-12-18-11-20-21;/h1-3,8,11-13,17H,4-7,9-10H2,(H,19,22);1H. The number of hydrogen-bond acceptors (Lipinski definition) is 4. The van der Waals surface area contributed by atoms with E-state index in [1.165, 1.54) is 6.33 Å². The molecule has 2 N–H and O–H groups in total. The number of piperidine rings is 1. The molecule has 3 rings (SSSR count). The fraction of sp³-hybridized carbons (Fsp3) is 0.438. The molecule has 124 valence electrons. The summed E-state index contributed by atoms with van der Waals surface area (Å²) in [4.78, 5) is 16.0. The Bertz CT molecular complexity index is 611. The first kappa shape index (κ1) is 17.4. The highest BCUT2D eigenvalue weighted by atomic mass is 35.5. The van der Waals surface area contributed by atoms with Crippen LogP contribution in [0, 0.1) is 5.92 Å². The molecule has 0 atom stereocenters. The highest BCUT2D eigenvalue weighted by Gasteiger charge is 2.16. The molecule has 0 saturated carbocycles. The molecule has 1 aliphatic rings. The van der Waals surface area contributed by atoms with Gasteiger partial charge in [-0.05, 0) is 49.5 Å². The van der Waals surface area contributed by atoms with E-state index in [1.807, 2.05) is 24.3 Å². The topological polar surface area (TPSA) is 71.8 Å². The molecule has 6 nitrogen and oxygen atoms in total. The Balaban J connectivity index is 0.00000192. The molecule has 1 aliphatic heterocycles. The summed E-state index contributed by atoms with van der Waals surface area (Å²) in [6.45, 7) is 2.60. The lowest BCUT2D eigenvalue weighted by molar-refractivity contribution is -0.122. The molecule has 7 heteroatoms. The number of hydrogen-bond donors (Lipinski definition) is 2. The number of rotatable bonds is 5. The Hall–Kier alpha value is -1.92. The Morgan fingerprint density at radius 2 is 2.17 bits per heavy atom.